The van der Waals surface area contributed by atoms with Crippen LogP contribution >= 0.6 is 11.3 Å². The van der Waals surface area contributed by atoms with Gasteiger partial charge in [-0.1, -0.05) is 6.92 Å². The van der Waals surface area contributed by atoms with Crippen LogP contribution < -0.4 is 5.32 Å². The van der Waals surface area contributed by atoms with Crippen molar-refractivity contribution in [1.82, 2.24) is 15.3 Å². The maximum absolute atomic E-state index is 12.7. The van der Waals surface area contributed by atoms with Crippen molar-refractivity contribution in [3.05, 3.63) is 45.7 Å². The molecule has 0 aliphatic heterocycles. The van der Waals surface area contributed by atoms with E-state index in [0.717, 1.165) is 17.5 Å². The number of aromatic nitrogens is 2. The molecule has 2 aromatic heterocycles. The van der Waals surface area contributed by atoms with E-state index in [2.05, 4.69) is 15.3 Å². The number of aryl methyl sites for hydroxylation is 1. The van der Waals surface area contributed by atoms with E-state index in [1.165, 1.54) is 6.20 Å². The Hall–Kier alpha value is -1.47. The first-order valence-electron chi connectivity index (χ1n) is 6.60. The van der Waals surface area contributed by atoms with E-state index >= 15 is 0 Å². The van der Waals surface area contributed by atoms with Gasteiger partial charge in [0.15, 0.2) is 5.01 Å². The summed E-state index contributed by atoms with van der Waals surface area (Å²) in [6, 6.07) is 1.54. The fourth-order valence-electron chi connectivity index (χ4n) is 1.98. The van der Waals surface area contributed by atoms with Crippen LogP contribution in [0.4, 0.5) is 13.2 Å². The fourth-order valence-corrected chi connectivity index (χ4v) is 2.86. The maximum atomic E-state index is 12.7. The van der Waals surface area contributed by atoms with Crippen LogP contribution in [0, 0.1) is 6.92 Å². The average molecular weight is 315 g/mol. The topological polar surface area (TPSA) is 37.8 Å². The molecule has 21 heavy (non-hydrogen) atoms. The monoisotopic (exact) mass is 315 g/mol. The van der Waals surface area contributed by atoms with E-state index in [-0.39, 0.29) is 6.04 Å². The van der Waals surface area contributed by atoms with E-state index in [1.54, 1.807) is 12.4 Å². The highest BCUT2D eigenvalue weighted by Crippen LogP contribution is 2.36. The molecular weight excluding hydrogens is 299 g/mol. The van der Waals surface area contributed by atoms with Gasteiger partial charge in [-0.3, -0.25) is 4.98 Å². The number of thiazole rings is 1. The molecule has 0 saturated carbocycles. The molecular formula is C14H16F3N3S. The lowest BCUT2D eigenvalue weighted by Crippen LogP contribution is -2.23. The van der Waals surface area contributed by atoms with Crippen molar-refractivity contribution in [2.75, 3.05) is 6.54 Å². The molecule has 0 amide bonds. The Balaban J connectivity index is 2.37. The van der Waals surface area contributed by atoms with Gasteiger partial charge in [0.1, 0.15) is 0 Å². The third kappa shape index (κ3) is 3.79. The summed E-state index contributed by atoms with van der Waals surface area (Å²) in [6.07, 6.45) is 1.15. The summed E-state index contributed by atoms with van der Waals surface area (Å²) in [5.74, 6) is 0. The largest absolute Gasteiger partial charge is 0.443 e. The summed E-state index contributed by atoms with van der Waals surface area (Å²) in [7, 11) is 0. The number of nitrogens with zero attached hydrogens (tertiary/aromatic N) is 2. The van der Waals surface area contributed by atoms with E-state index in [4.69, 9.17) is 0 Å². The van der Waals surface area contributed by atoms with Crippen molar-refractivity contribution in [3.8, 4) is 0 Å². The molecule has 1 atom stereocenters. The molecule has 0 aromatic carbocycles. The summed E-state index contributed by atoms with van der Waals surface area (Å²) in [5, 5.41) is 2.45. The van der Waals surface area contributed by atoms with Crippen molar-refractivity contribution in [2.45, 2.75) is 32.5 Å². The molecule has 0 bridgehead atoms. The van der Waals surface area contributed by atoms with E-state index in [9.17, 15) is 13.2 Å². The first kappa shape index (κ1) is 15.9. The van der Waals surface area contributed by atoms with E-state index in [1.807, 2.05) is 19.9 Å². The number of rotatable bonds is 5. The SMILES string of the molecule is CCCNC(c1cnc(C(F)(F)F)s1)c1cnccc1C. The van der Waals surface area contributed by atoms with Gasteiger partial charge in [0.2, 0.25) is 0 Å². The third-order valence-electron chi connectivity index (χ3n) is 3.04. The number of hydrogen-bond acceptors (Lipinski definition) is 4. The quantitative estimate of drug-likeness (QED) is 0.907. The summed E-state index contributed by atoms with van der Waals surface area (Å²) < 4.78 is 38.1. The van der Waals surface area contributed by atoms with Crippen molar-refractivity contribution in [1.29, 1.82) is 0 Å². The summed E-state index contributed by atoms with van der Waals surface area (Å²) in [6.45, 7) is 4.63. The first-order valence-corrected chi connectivity index (χ1v) is 7.42. The normalized spacial score (nSPS) is 13.4. The second-order valence-corrected chi connectivity index (χ2v) is 5.75. The van der Waals surface area contributed by atoms with Gasteiger partial charge in [-0.05, 0) is 37.1 Å². The Morgan fingerprint density at radius 3 is 2.67 bits per heavy atom. The van der Waals surface area contributed by atoms with Gasteiger partial charge < -0.3 is 5.32 Å². The standard InChI is InChI=1S/C14H16F3N3S/c1-3-5-19-12(10-7-18-6-4-9(10)2)11-8-20-13(21-11)14(15,16)17/h4,6-8,12,19H,3,5H2,1-2H3. The minimum absolute atomic E-state index is 0.313. The molecule has 2 rings (SSSR count). The predicted octanol–water partition coefficient (Wildman–Crippen LogP) is 3.95. The Bertz CT molecular complexity index is 595. The predicted molar refractivity (Wildman–Crippen MR) is 76.2 cm³/mol. The highest BCUT2D eigenvalue weighted by molar-refractivity contribution is 7.11. The van der Waals surface area contributed by atoms with Crippen LogP contribution in [0.2, 0.25) is 0 Å². The second kappa shape index (κ2) is 6.53. The van der Waals surface area contributed by atoms with Crippen molar-refractivity contribution < 1.29 is 13.2 Å². The molecule has 0 aliphatic rings. The fraction of sp³-hybridized carbons (Fsp3) is 0.429. The number of alkyl halides is 3. The molecule has 0 aliphatic carbocycles. The highest BCUT2D eigenvalue weighted by Gasteiger charge is 2.35. The number of halogens is 3. The van der Waals surface area contributed by atoms with Crippen LogP contribution in [0.3, 0.4) is 0 Å². The van der Waals surface area contributed by atoms with Crippen molar-refractivity contribution >= 4 is 11.3 Å². The molecule has 2 aromatic rings. The zero-order valence-corrected chi connectivity index (χ0v) is 12.6. The van der Waals surface area contributed by atoms with Gasteiger partial charge in [0, 0.05) is 23.5 Å². The van der Waals surface area contributed by atoms with Gasteiger partial charge in [0.05, 0.1) is 6.04 Å². The van der Waals surface area contributed by atoms with Crippen molar-refractivity contribution in [3.63, 3.8) is 0 Å². The molecule has 0 spiro atoms. The van der Waals surface area contributed by atoms with Crippen LogP contribution in [-0.4, -0.2) is 16.5 Å². The molecule has 114 valence electrons. The third-order valence-corrected chi connectivity index (χ3v) is 4.15. The molecule has 7 heteroatoms. The molecule has 1 unspecified atom stereocenters. The number of nitrogens with one attached hydrogen (secondary N) is 1. The molecule has 3 nitrogen and oxygen atoms in total. The zero-order valence-electron chi connectivity index (χ0n) is 11.7. The van der Waals surface area contributed by atoms with Gasteiger partial charge in [0.25, 0.3) is 0 Å². The van der Waals surface area contributed by atoms with Gasteiger partial charge in [-0.15, -0.1) is 11.3 Å². The van der Waals surface area contributed by atoms with Crippen LogP contribution in [0.1, 0.15) is 40.4 Å². The smallest absolute Gasteiger partial charge is 0.305 e. The summed E-state index contributed by atoms with van der Waals surface area (Å²) in [5.41, 5.74) is 1.86. The van der Waals surface area contributed by atoms with Gasteiger partial charge in [-0.2, -0.15) is 13.2 Å². The lowest BCUT2D eigenvalue weighted by Gasteiger charge is -2.18. The summed E-state index contributed by atoms with van der Waals surface area (Å²) >= 11 is 0.676. The molecule has 0 saturated heterocycles. The van der Waals surface area contributed by atoms with Crippen molar-refractivity contribution in [2.24, 2.45) is 0 Å². The van der Waals surface area contributed by atoms with Gasteiger partial charge in [-0.25, -0.2) is 4.98 Å². The lowest BCUT2D eigenvalue weighted by molar-refractivity contribution is -0.137. The molecule has 0 fully saturated rings. The van der Waals surface area contributed by atoms with Crippen LogP contribution in [0.5, 0.6) is 0 Å². The Labute approximate surface area is 125 Å². The minimum atomic E-state index is -4.40. The van der Waals surface area contributed by atoms with Crippen LogP contribution in [-0.2, 0) is 6.18 Å². The van der Waals surface area contributed by atoms with E-state index < -0.39 is 11.2 Å². The molecule has 2 heterocycles. The summed E-state index contributed by atoms with van der Waals surface area (Å²) in [4.78, 5) is 8.13. The van der Waals surface area contributed by atoms with E-state index in [0.29, 0.717) is 22.8 Å². The maximum Gasteiger partial charge on any atom is 0.443 e. The zero-order chi connectivity index (χ0) is 15.5. The lowest BCUT2D eigenvalue weighted by atomic mass is 10.0. The first-order chi connectivity index (χ1) is 9.93. The number of pyridine rings is 1. The second-order valence-electron chi connectivity index (χ2n) is 4.68. The highest BCUT2D eigenvalue weighted by atomic mass is 32.1. The Morgan fingerprint density at radius 1 is 1.33 bits per heavy atom. The van der Waals surface area contributed by atoms with Crippen LogP contribution in [0.25, 0.3) is 0 Å². The minimum Gasteiger partial charge on any atom is -0.305 e. The van der Waals surface area contributed by atoms with Crippen LogP contribution in [0.15, 0.2) is 24.7 Å². The average Bonchev–Trinajstić information content (AvgIpc) is 2.91. The van der Waals surface area contributed by atoms with Gasteiger partial charge >= 0.3 is 6.18 Å². The number of hydrogen-bond donors (Lipinski definition) is 1. The molecule has 0 radical (unpaired) electrons. The Morgan fingerprint density at radius 2 is 2.10 bits per heavy atom. The molecule has 1 N–H and O–H groups in total. The Kier molecular flexibility index (Phi) is 4.95.